The lowest BCUT2D eigenvalue weighted by Gasteiger charge is -2.15. The number of rotatable bonds is 5. The topological polar surface area (TPSA) is 69.6 Å². The van der Waals surface area contributed by atoms with Crippen LogP contribution in [-0.4, -0.2) is 20.0 Å². The van der Waals surface area contributed by atoms with Crippen molar-refractivity contribution in [1.82, 2.24) is 20.0 Å². The lowest BCUT2D eigenvalue weighted by Crippen LogP contribution is -2.16. The van der Waals surface area contributed by atoms with Crippen LogP contribution >= 0.6 is 0 Å². The summed E-state index contributed by atoms with van der Waals surface area (Å²) in [5.41, 5.74) is 12.8. The highest BCUT2D eigenvalue weighted by atomic mass is 15.4. The summed E-state index contributed by atoms with van der Waals surface area (Å²) in [4.78, 5) is 0. The summed E-state index contributed by atoms with van der Waals surface area (Å²) in [5.74, 6) is 0.784. The zero-order valence-corrected chi connectivity index (χ0v) is 13.7. The number of nitrogens with two attached hydrogens (primary N) is 1. The van der Waals surface area contributed by atoms with Gasteiger partial charge in [0.1, 0.15) is 0 Å². The first-order valence-corrected chi connectivity index (χ1v) is 7.71. The first kappa shape index (κ1) is 15.6. The minimum atomic E-state index is 0.459. The lowest BCUT2D eigenvalue weighted by molar-refractivity contribution is 0.736. The molecule has 0 bridgehead atoms. The van der Waals surface area contributed by atoms with Gasteiger partial charge in [-0.15, -0.1) is 5.10 Å². The van der Waals surface area contributed by atoms with E-state index >= 15 is 0 Å². The van der Waals surface area contributed by atoms with Crippen molar-refractivity contribution in [2.24, 2.45) is 5.73 Å². The Hall–Kier alpha value is -1.75. The summed E-state index contributed by atoms with van der Waals surface area (Å²) in [6, 6.07) is 0. The average Bonchev–Trinajstić information content (AvgIpc) is 2.79. The maximum Gasteiger partial charge on any atom is 0.180 e. The van der Waals surface area contributed by atoms with Gasteiger partial charge in [0.25, 0.3) is 0 Å². The van der Waals surface area contributed by atoms with Gasteiger partial charge in [-0.25, -0.2) is 4.68 Å². The molecule has 2 aromatic rings. The fourth-order valence-corrected chi connectivity index (χ4v) is 3.02. The van der Waals surface area contributed by atoms with Crippen LogP contribution in [0, 0.1) is 13.8 Å². The highest BCUT2D eigenvalue weighted by molar-refractivity contribution is 5.43. The fraction of sp³-hybridized carbons (Fsp3) is 0.562. The van der Waals surface area contributed by atoms with Crippen LogP contribution in [0.25, 0.3) is 5.82 Å². The molecule has 0 unspecified atom stereocenters. The van der Waals surface area contributed by atoms with Gasteiger partial charge in [0, 0.05) is 17.8 Å². The van der Waals surface area contributed by atoms with Crippen LogP contribution in [0.5, 0.6) is 0 Å². The van der Waals surface area contributed by atoms with Gasteiger partial charge in [-0.2, -0.15) is 10.2 Å². The zero-order chi connectivity index (χ0) is 15.6. The molecule has 0 aliphatic rings. The molecule has 0 aromatic carbocycles. The molecule has 0 radical (unpaired) electrons. The molecule has 0 saturated carbocycles. The Morgan fingerprint density at radius 1 is 0.905 bits per heavy atom. The summed E-state index contributed by atoms with van der Waals surface area (Å²) in [6.45, 7) is 11.0. The van der Waals surface area contributed by atoms with E-state index in [2.05, 4.69) is 43.0 Å². The smallest absolute Gasteiger partial charge is 0.180 e. The molecule has 0 aliphatic heterocycles. The van der Waals surface area contributed by atoms with Crippen molar-refractivity contribution >= 4 is 0 Å². The number of nitrogens with zero attached hydrogens (tertiary/aromatic N) is 4. The number of hydrogen-bond acceptors (Lipinski definition) is 4. The van der Waals surface area contributed by atoms with Gasteiger partial charge in [-0.1, -0.05) is 20.8 Å². The van der Waals surface area contributed by atoms with Gasteiger partial charge >= 0.3 is 0 Å². The Morgan fingerprint density at radius 2 is 1.57 bits per heavy atom. The second kappa shape index (κ2) is 6.35. The molecule has 21 heavy (non-hydrogen) atoms. The van der Waals surface area contributed by atoms with E-state index in [1.807, 2.05) is 11.6 Å². The quantitative estimate of drug-likeness (QED) is 0.917. The van der Waals surface area contributed by atoms with Gasteiger partial charge in [0.2, 0.25) is 0 Å². The third kappa shape index (κ3) is 2.58. The van der Waals surface area contributed by atoms with Gasteiger partial charge in [0.15, 0.2) is 5.82 Å². The maximum absolute atomic E-state index is 6.01. The van der Waals surface area contributed by atoms with E-state index in [0.29, 0.717) is 6.54 Å². The molecule has 2 N–H and O–H groups in total. The lowest BCUT2D eigenvalue weighted by atomic mass is 10.0. The average molecular weight is 287 g/mol. The van der Waals surface area contributed by atoms with E-state index in [0.717, 1.165) is 47.7 Å². The molecule has 0 amide bonds. The Kier molecular flexibility index (Phi) is 4.73. The van der Waals surface area contributed by atoms with Crippen molar-refractivity contribution in [3.63, 3.8) is 0 Å². The summed E-state index contributed by atoms with van der Waals surface area (Å²) in [6.07, 6.45) is 2.76. The van der Waals surface area contributed by atoms with Crippen LogP contribution in [0.3, 0.4) is 0 Å². The second-order valence-electron chi connectivity index (χ2n) is 5.25. The van der Waals surface area contributed by atoms with Crippen LogP contribution in [0.15, 0.2) is 0 Å². The monoisotopic (exact) mass is 287 g/mol. The Balaban J connectivity index is 2.70. The second-order valence-corrected chi connectivity index (χ2v) is 5.25. The molecule has 0 atom stereocenters. The standard InChI is InChI=1S/C16H25N5/c1-6-12-10(4)20-21(11(12)5)16-14(9-17)13(7-2)15(8-3)18-19-16/h6-9,17H2,1-5H3. The van der Waals surface area contributed by atoms with E-state index in [1.165, 1.54) is 11.1 Å². The number of aryl methyl sites for hydroxylation is 2. The minimum absolute atomic E-state index is 0.459. The summed E-state index contributed by atoms with van der Waals surface area (Å²) in [5, 5.41) is 13.5. The van der Waals surface area contributed by atoms with Crippen molar-refractivity contribution in [2.75, 3.05) is 0 Å². The van der Waals surface area contributed by atoms with Crippen LogP contribution < -0.4 is 5.73 Å². The molecule has 5 heteroatoms. The van der Waals surface area contributed by atoms with Gasteiger partial charge in [-0.3, -0.25) is 0 Å². The molecule has 2 heterocycles. The molecule has 2 aromatic heterocycles. The van der Waals surface area contributed by atoms with Crippen molar-refractivity contribution in [2.45, 2.75) is 60.4 Å². The maximum atomic E-state index is 6.01. The molecular formula is C16H25N5. The van der Waals surface area contributed by atoms with Gasteiger partial charge < -0.3 is 5.73 Å². The Morgan fingerprint density at radius 3 is 2.05 bits per heavy atom. The van der Waals surface area contributed by atoms with Gasteiger partial charge in [0.05, 0.1) is 11.4 Å². The summed E-state index contributed by atoms with van der Waals surface area (Å²) in [7, 11) is 0. The van der Waals surface area contributed by atoms with E-state index in [-0.39, 0.29) is 0 Å². The first-order chi connectivity index (χ1) is 10.1. The largest absolute Gasteiger partial charge is 0.326 e. The number of hydrogen-bond donors (Lipinski definition) is 1. The van der Waals surface area contributed by atoms with E-state index in [4.69, 9.17) is 5.73 Å². The molecule has 5 nitrogen and oxygen atoms in total. The Bertz CT molecular complexity index is 643. The first-order valence-electron chi connectivity index (χ1n) is 7.71. The molecule has 0 spiro atoms. The van der Waals surface area contributed by atoms with Crippen LogP contribution in [0.4, 0.5) is 0 Å². The third-order valence-corrected chi connectivity index (χ3v) is 4.14. The Labute approximate surface area is 126 Å². The molecule has 0 aliphatic carbocycles. The molecule has 0 saturated heterocycles. The van der Waals surface area contributed by atoms with Crippen LogP contribution in [0.1, 0.15) is 54.5 Å². The highest BCUT2D eigenvalue weighted by Gasteiger charge is 2.19. The SMILES string of the molecule is CCc1nnc(-n2nc(C)c(CC)c2C)c(CN)c1CC. The summed E-state index contributed by atoms with van der Waals surface area (Å²) >= 11 is 0. The predicted molar refractivity (Wildman–Crippen MR) is 84.7 cm³/mol. The highest BCUT2D eigenvalue weighted by Crippen LogP contribution is 2.23. The summed E-state index contributed by atoms with van der Waals surface area (Å²) < 4.78 is 1.90. The van der Waals surface area contributed by atoms with Gasteiger partial charge in [-0.05, 0) is 44.2 Å². The van der Waals surface area contributed by atoms with Crippen LogP contribution in [-0.2, 0) is 25.8 Å². The third-order valence-electron chi connectivity index (χ3n) is 4.14. The minimum Gasteiger partial charge on any atom is -0.326 e. The van der Waals surface area contributed by atoms with E-state index in [9.17, 15) is 0 Å². The van der Waals surface area contributed by atoms with Crippen molar-refractivity contribution in [1.29, 1.82) is 0 Å². The number of aromatic nitrogens is 4. The molecule has 0 fully saturated rings. The van der Waals surface area contributed by atoms with Crippen molar-refractivity contribution in [3.8, 4) is 5.82 Å². The predicted octanol–water partition coefficient (Wildman–Crippen LogP) is 2.43. The van der Waals surface area contributed by atoms with Crippen molar-refractivity contribution < 1.29 is 0 Å². The zero-order valence-electron chi connectivity index (χ0n) is 13.7. The van der Waals surface area contributed by atoms with E-state index < -0.39 is 0 Å². The van der Waals surface area contributed by atoms with E-state index in [1.54, 1.807) is 0 Å². The molecular weight excluding hydrogens is 262 g/mol. The normalized spacial score (nSPS) is 11.1. The molecule has 114 valence electrons. The fourth-order valence-electron chi connectivity index (χ4n) is 3.02. The molecule has 2 rings (SSSR count). The van der Waals surface area contributed by atoms with Crippen molar-refractivity contribution in [3.05, 3.63) is 33.8 Å². The van der Waals surface area contributed by atoms with Crippen LogP contribution in [0.2, 0.25) is 0 Å².